The Morgan fingerprint density at radius 1 is 0.875 bits per heavy atom. The zero-order valence-corrected chi connectivity index (χ0v) is 41.4. The van der Waals surface area contributed by atoms with Crippen LogP contribution in [0.5, 0.6) is 0 Å². The quantitative estimate of drug-likeness (QED) is 0.133. The van der Waals surface area contributed by atoms with Crippen LogP contribution in [0.15, 0.2) is 35.4 Å². The number of imide groups is 1. The molecule has 22 heteroatoms. The van der Waals surface area contributed by atoms with Crippen LogP contribution in [-0.2, 0) is 24.7 Å². The van der Waals surface area contributed by atoms with Crippen LogP contribution in [0.4, 0.5) is 30.8 Å². The molecule has 3 atom stereocenters. The number of nitrogens with zero attached hydrogens (tertiary/aromatic N) is 11. The van der Waals surface area contributed by atoms with E-state index >= 15 is 8.78 Å². The van der Waals surface area contributed by atoms with E-state index in [4.69, 9.17) is 30.1 Å². The molecule has 4 aromatic heterocycles. The van der Waals surface area contributed by atoms with E-state index in [2.05, 4.69) is 44.5 Å². The fourth-order valence-corrected chi connectivity index (χ4v) is 10.8. The van der Waals surface area contributed by atoms with Crippen LogP contribution in [0.2, 0.25) is 0 Å². The maximum Gasteiger partial charge on any atom is 0.410 e. The Hall–Kier alpha value is -6.84. The van der Waals surface area contributed by atoms with Crippen LogP contribution in [0.3, 0.4) is 0 Å². The molecule has 5 aliphatic rings. The topological polar surface area (TPSA) is 236 Å². The number of ether oxygens (including phenoxy) is 1. The van der Waals surface area contributed by atoms with Gasteiger partial charge in [-0.05, 0) is 109 Å². The second-order valence-corrected chi connectivity index (χ2v) is 21.1. The second-order valence-electron chi connectivity index (χ2n) is 21.1. The number of anilines is 3. The summed E-state index contributed by atoms with van der Waals surface area (Å²) in [6.45, 7) is 13.6. The summed E-state index contributed by atoms with van der Waals surface area (Å²) < 4.78 is 44.4. The molecule has 0 radical (unpaired) electrons. The minimum atomic E-state index is -0.754. The van der Waals surface area contributed by atoms with Crippen molar-refractivity contribution in [3.63, 3.8) is 0 Å². The van der Waals surface area contributed by atoms with Crippen molar-refractivity contribution in [2.24, 2.45) is 5.92 Å². The van der Waals surface area contributed by atoms with Crippen molar-refractivity contribution in [3.05, 3.63) is 53.8 Å². The van der Waals surface area contributed by atoms with Gasteiger partial charge in [-0.25, -0.2) is 38.2 Å². The predicted molar refractivity (Wildman–Crippen MR) is 261 cm³/mol. The summed E-state index contributed by atoms with van der Waals surface area (Å²) in [7, 11) is 0. The number of fused-ring (bicyclic) bond motifs is 1. The van der Waals surface area contributed by atoms with E-state index in [1.807, 2.05) is 37.8 Å². The number of halogens is 2. The van der Waals surface area contributed by atoms with Crippen LogP contribution in [-0.4, -0.2) is 144 Å². The number of carbonyl (C=O) groups is 4. The summed E-state index contributed by atoms with van der Waals surface area (Å²) in [4.78, 5) is 76.1. The molecule has 10 rings (SSSR count). The number of rotatable bonds is 11. The van der Waals surface area contributed by atoms with Gasteiger partial charge in [0.1, 0.15) is 35.3 Å². The molecule has 0 bridgehead atoms. The largest absolute Gasteiger partial charge is 0.439 e. The predicted octanol–water partition coefficient (Wildman–Crippen LogP) is 5.80. The first-order valence-electron chi connectivity index (χ1n) is 25.1. The van der Waals surface area contributed by atoms with E-state index in [1.54, 1.807) is 14.7 Å². The van der Waals surface area contributed by atoms with E-state index in [0.29, 0.717) is 97.7 Å². The van der Waals surface area contributed by atoms with Gasteiger partial charge < -0.3 is 35.0 Å². The zero-order valence-electron chi connectivity index (χ0n) is 41.4. The third kappa shape index (κ3) is 9.88. The third-order valence-electron chi connectivity index (χ3n) is 14.9. The number of nitrogens with one attached hydrogen (secondary N) is 2. The van der Waals surface area contributed by atoms with Crippen LogP contribution in [0.1, 0.15) is 109 Å². The summed E-state index contributed by atoms with van der Waals surface area (Å²) in [5.74, 6) is -0.411. The first-order chi connectivity index (χ1) is 34.5. The minimum Gasteiger partial charge on any atom is -0.439 e. The highest BCUT2D eigenvalue weighted by atomic mass is 19.1. The fraction of sp³-hybridized carbons (Fsp3) is 0.560. The fourth-order valence-electron chi connectivity index (χ4n) is 10.8. The summed E-state index contributed by atoms with van der Waals surface area (Å²) in [5.41, 5.74) is 9.29. The Bertz CT molecular complexity index is 2830. The summed E-state index contributed by atoms with van der Waals surface area (Å²) in [6.07, 6.45) is 9.87. The maximum atomic E-state index is 15.5. The number of aromatic nitrogens is 7. The van der Waals surface area contributed by atoms with Crippen molar-refractivity contribution in [3.8, 4) is 22.8 Å². The highest BCUT2D eigenvalue weighted by Crippen LogP contribution is 2.48. The van der Waals surface area contributed by atoms with E-state index in [9.17, 15) is 19.2 Å². The SMILES string of the molecule is C[C@@H]1CN(c2c(F)cc(NC3CCC(=O)NC3=O)cc2F)C[C@@H](C)N1CC1CCN(C(=O)COC(=O)N2CCC(c3cnc(-c4c(-c5nn(C(C)(C)C)c6ncnc(N)c56)noc4C4CC4)nc3)CC2)CC1. The zero-order chi connectivity index (χ0) is 50.6. The van der Waals surface area contributed by atoms with Crippen LogP contribution in [0.25, 0.3) is 33.8 Å². The first kappa shape index (κ1) is 48.8. The molecule has 72 heavy (non-hydrogen) atoms. The van der Waals surface area contributed by atoms with Gasteiger partial charge in [-0.3, -0.25) is 24.6 Å². The molecule has 1 saturated carbocycles. The molecule has 1 aromatic carbocycles. The van der Waals surface area contributed by atoms with Gasteiger partial charge in [0, 0.05) is 88.3 Å². The molecule has 4 N–H and O–H groups in total. The highest BCUT2D eigenvalue weighted by Gasteiger charge is 2.38. The molecule has 5 fully saturated rings. The lowest BCUT2D eigenvalue weighted by Gasteiger charge is -2.47. The van der Waals surface area contributed by atoms with E-state index in [0.717, 1.165) is 43.6 Å². The summed E-state index contributed by atoms with van der Waals surface area (Å²) in [5, 5.41) is 15.1. The van der Waals surface area contributed by atoms with E-state index in [1.165, 1.54) is 18.5 Å². The average Bonchev–Trinajstić information content (AvgIpc) is 3.97. The van der Waals surface area contributed by atoms with E-state index in [-0.39, 0.29) is 66.6 Å². The van der Waals surface area contributed by atoms with E-state index < -0.39 is 35.2 Å². The molecule has 20 nitrogen and oxygen atoms in total. The normalized spacial score (nSPS) is 21.9. The molecule has 0 spiro atoms. The Balaban J connectivity index is 0.680. The third-order valence-corrected chi connectivity index (χ3v) is 14.9. The highest BCUT2D eigenvalue weighted by molar-refractivity contribution is 6.02. The van der Waals surface area contributed by atoms with Crippen molar-refractivity contribution < 1.29 is 37.2 Å². The average molecular weight is 993 g/mol. The molecule has 4 amide bonds. The number of benzene rings is 1. The van der Waals surface area contributed by atoms with Crippen LogP contribution in [0, 0.1) is 17.6 Å². The van der Waals surface area contributed by atoms with Gasteiger partial charge in [-0.2, -0.15) is 5.10 Å². The number of nitrogen functional groups attached to an aromatic ring is 1. The summed E-state index contributed by atoms with van der Waals surface area (Å²) >= 11 is 0. The maximum absolute atomic E-state index is 15.5. The monoisotopic (exact) mass is 992 g/mol. The first-order valence-corrected chi connectivity index (χ1v) is 25.1. The minimum absolute atomic E-state index is 0.00130. The van der Waals surface area contributed by atoms with Gasteiger partial charge >= 0.3 is 6.09 Å². The Morgan fingerprint density at radius 3 is 2.18 bits per heavy atom. The molecule has 1 aliphatic carbocycles. The molecule has 382 valence electrons. The molecule has 5 aromatic rings. The lowest BCUT2D eigenvalue weighted by Crippen LogP contribution is -2.58. The molecule has 4 saturated heterocycles. The summed E-state index contributed by atoms with van der Waals surface area (Å²) in [6, 6.07) is 1.64. The molecule has 8 heterocycles. The van der Waals surface area contributed by atoms with Gasteiger partial charge in [0.25, 0.3) is 5.91 Å². The smallest absolute Gasteiger partial charge is 0.410 e. The van der Waals surface area contributed by atoms with Gasteiger partial charge in [0.05, 0.1) is 16.5 Å². The van der Waals surface area contributed by atoms with Gasteiger partial charge in [-0.1, -0.05) is 5.16 Å². The van der Waals surface area contributed by atoms with Crippen molar-refractivity contribution in [2.75, 3.05) is 68.4 Å². The lowest BCUT2D eigenvalue weighted by molar-refractivity contribution is -0.136. The number of hydrogen-bond acceptors (Lipinski definition) is 16. The van der Waals surface area contributed by atoms with Crippen LogP contribution < -0.4 is 21.3 Å². The van der Waals surface area contributed by atoms with Gasteiger partial charge in [0.15, 0.2) is 35.5 Å². The Kier molecular flexibility index (Phi) is 13.3. The molecule has 4 aliphatic heterocycles. The standard InChI is InChI=1S/C50H62F2N14O6/c1-27-22-64(43-34(51)18-33(19-35(43)52)58-36-8-9-37(67)59-48(36)69)23-28(2)65(27)24-29-10-14-62(15-11-29)38(68)25-71-49(70)63-16-12-30(13-17-63)32-20-54-46(55-21-32)39-42(61-72-44(39)31-6-7-31)41-40-45(53)56-26-57-47(40)66(60-41)50(3,4)5/h18-21,26-31,36,58H,6-17,22-25H2,1-5H3,(H2,53,56,57)(H,59,67,69)/t27-,28-,36?/m1/s1. The molecular formula is C50H62F2N14O6. The van der Waals surface area contributed by atoms with Crippen LogP contribution >= 0.6 is 0 Å². The van der Waals surface area contributed by atoms with Crippen molar-refractivity contribution in [1.29, 1.82) is 0 Å². The number of likely N-dealkylation sites (tertiary alicyclic amines) is 2. The Morgan fingerprint density at radius 2 is 1.54 bits per heavy atom. The molecule has 1 unspecified atom stereocenters. The van der Waals surface area contributed by atoms with Gasteiger partial charge in [-0.15, -0.1) is 0 Å². The number of carbonyl (C=O) groups excluding carboxylic acids is 4. The second kappa shape index (κ2) is 19.6. The number of piperazine rings is 1. The van der Waals surface area contributed by atoms with Gasteiger partial charge in [0.2, 0.25) is 11.8 Å². The van der Waals surface area contributed by atoms with Crippen molar-refractivity contribution >= 4 is 52.0 Å². The number of nitrogens with two attached hydrogens (primary N) is 1. The van der Waals surface area contributed by atoms with Crippen molar-refractivity contribution in [2.45, 2.75) is 121 Å². The Labute approximate surface area is 415 Å². The number of piperidine rings is 3. The number of hydrogen-bond donors (Lipinski definition) is 3. The van der Waals surface area contributed by atoms with Crippen molar-refractivity contribution in [1.82, 2.24) is 54.9 Å². The lowest BCUT2D eigenvalue weighted by atomic mass is 9.91. The molecular weight excluding hydrogens is 931 g/mol. The number of amides is 4.